The molecule has 0 unspecified atom stereocenters. The fourth-order valence-electron chi connectivity index (χ4n) is 7.58. The summed E-state index contributed by atoms with van der Waals surface area (Å²) in [6.07, 6.45) is 77.8. The standard InChI is InChI=1S/C64H106O6/c1-4-7-10-13-16-19-22-25-28-30-32-34-36-39-42-45-48-51-54-57-63(66)69-60-61(59-68-62(65)56-53-50-47-44-41-38-27-24-21-18-15-12-9-6-3)70-64(67)58-55-52-49-46-43-40-37-35-33-31-29-26-23-20-17-14-11-8-5-2/h16-17,19-20,24-29,32-35,39-40,42-43,61H,4-15,18,21-23,30-31,36-38,41,44-60H2,1-3H3/b19-16-,20-17-,27-24-,28-25-,29-26-,34-32-,35-33-,42-39-,43-40-/t61-/m1/s1. The van der Waals surface area contributed by atoms with E-state index >= 15 is 0 Å². The Balaban J connectivity index is 4.53. The minimum Gasteiger partial charge on any atom is -0.462 e. The summed E-state index contributed by atoms with van der Waals surface area (Å²) in [6, 6.07) is 0. The Morgan fingerprint density at radius 1 is 0.286 bits per heavy atom. The molecule has 0 saturated heterocycles. The van der Waals surface area contributed by atoms with Crippen LogP contribution in [0, 0.1) is 0 Å². The summed E-state index contributed by atoms with van der Waals surface area (Å²) in [5.41, 5.74) is 0. The molecule has 0 fully saturated rings. The molecule has 6 nitrogen and oxygen atoms in total. The zero-order valence-corrected chi connectivity index (χ0v) is 45.5. The van der Waals surface area contributed by atoms with Gasteiger partial charge in [-0.25, -0.2) is 0 Å². The van der Waals surface area contributed by atoms with Crippen molar-refractivity contribution in [3.63, 3.8) is 0 Å². The molecule has 0 aliphatic rings. The average Bonchev–Trinajstić information content (AvgIpc) is 3.36. The van der Waals surface area contributed by atoms with Gasteiger partial charge in [0.05, 0.1) is 0 Å². The third-order valence-corrected chi connectivity index (χ3v) is 12.0. The molecule has 0 aromatic carbocycles. The fraction of sp³-hybridized carbons (Fsp3) is 0.672. The van der Waals surface area contributed by atoms with E-state index in [2.05, 4.69) is 130 Å². The van der Waals surface area contributed by atoms with E-state index in [-0.39, 0.29) is 37.5 Å². The van der Waals surface area contributed by atoms with Crippen LogP contribution in [0.1, 0.15) is 258 Å². The Hall–Kier alpha value is -3.93. The van der Waals surface area contributed by atoms with Crippen LogP contribution in [-0.2, 0) is 28.6 Å². The Morgan fingerprint density at radius 3 is 0.857 bits per heavy atom. The van der Waals surface area contributed by atoms with Crippen molar-refractivity contribution >= 4 is 17.9 Å². The van der Waals surface area contributed by atoms with E-state index in [0.29, 0.717) is 12.8 Å². The molecule has 0 spiro atoms. The molecule has 6 heteroatoms. The molecule has 0 aliphatic carbocycles. The van der Waals surface area contributed by atoms with E-state index in [1.165, 1.54) is 96.3 Å². The number of carbonyl (C=O) groups excluding carboxylic acids is 3. The first kappa shape index (κ1) is 66.1. The van der Waals surface area contributed by atoms with Gasteiger partial charge in [-0.15, -0.1) is 0 Å². The summed E-state index contributed by atoms with van der Waals surface area (Å²) >= 11 is 0. The van der Waals surface area contributed by atoms with Crippen molar-refractivity contribution in [2.45, 2.75) is 264 Å². The summed E-state index contributed by atoms with van der Waals surface area (Å²) < 4.78 is 16.8. The van der Waals surface area contributed by atoms with Crippen LogP contribution in [0.2, 0.25) is 0 Å². The highest BCUT2D eigenvalue weighted by atomic mass is 16.6. The van der Waals surface area contributed by atoms with E-state index in [1.54, 1.807) is 0 Å². The maximum absolute atomic E-state index is 12.9. The zero-order chi connectivity index (χ0) is 50.7. The predicted octanol–water partition coefficient (Wildman–Crippen LogP) is 19.5. The molecule has 0 saturated carbocycles. The number of ether oxygens (including phenoxy) is 3. The van der Waals surface area contributed by atoms with Crippen LogP contribution >= 0.6 is 0 Å². The summed E-state index contributed by atoms with van der Waals surface area (Å²) in [7, 11) is 0. The van der Waals surface area contributed by atoms with Crippen LogP contribution < -0.4 is 0 Å². The Morgan fingerprint density at radius 2 is 0.514 bits per heavy atom. The van der Waals surface area contributed by atoms with Gasteiger partial charge in [-0.2, -0.15) is 0 Å². The lowest BCUT2D eigenvalue weighted by molar-refractivity contribution is -0.167. The van der Waals surface area contributed by atoms with Crippen molar-refractivity contribution in [1.29, 1.82) is 0 Å². The lowest BCUT2D eigenvalue weighted by Crippen LogP contribution is -2.30. The van der Waals surface area contributed by atoms with Gasteiger partial charge in [0, 0.05) is 19.3 Å². The van der Waals surface area contributed by atoms with E-state index in [4.69, 9.17) is 14.2 Å². The summed E-state index contributed by atoms with van der Waals surface area (Å²) in [5.74, 6) is -0.978. The molecule has 0 bridgehead atoms. The molecule has 70 heavy (non-hydrogen) atoms. The molecule has 0 aromatic heterocycles. The average molecular weight is 972 g/mol. The second kappa shape index (κ2) is 57.6. The minimum atomic E-state index is -0.814. The number of hydrogen-bond donors (Lipinski definition) is 0. The number of rotatable bonds is 51. The van der Waals surface area contributed by atoms with Crippen molar-refractivity contribution in [2.75, 3.05) is 13.2 Å². The van der Waals surface area contributed by atoms with Gasteiger partial charge in [-0.1, -0.05) is 214 Å². The largest absolute Gasteiger partial charge is 0.462 e. The molecule has 0 amide bonds. The van der Waals surface area contributed by atoms with Crippen LogP contribution in [-0.4, -0.2) is 37.2 Å². The van der Waals surface area contributed by atoms with Crippen molar-refractivity contribution in [1.82, 2.24) is 0 Å². The highest BCUT2D eigenvalue weighted by Gasteiger charge is 2.19. The third-order valence-electron chi connectivity index (χ3n) is 12.0. The number of unbranched alkanes of at least 4 members (excludes halogenated alkanes) is 22. The molecule has 0 aromatic rings. The van der Waals surface area contributed by atoms with Crippen LogP contribution in [0.5, 0.6) is 0 Å². The summed E-state index contributed by atoms with van der Waals surface area (Å²) in [4.78, 5) is 38.2. The van der Waals surface area contributed by atoms with Crippen LogP contribution in [0.15, 0.2) is 109 Å². The van der Waals surface area contributed by atoms with Crippen LogP contribution in [0.3, 0.4) is 0 Å². The van der Waals surface area contributed by atoms with E-state index in [0.717, 1.165) is 122 Å². The smallest absolute Gasteiger partial charge is 0.306 e. The Labute approximate surface area is 431 Å². The monoisotopic (exact) mass is 971 g/mol. The molecule has 0 heterocycles. The molecule has 0 aliphatic heterocycles. The van der Waals surface area contributed by atoms with Gasteiger partial charge in [0.1, 0.15) is 13.2 Å². The topological polar surface area (TPSA) is 78.9 Å². The van der Waals surface area contributed by atoms with Gasteiger partial charge in [-0.05, 0) is 135 Å². The maximum Gasteiger partial charge on any atom is 0.306 e. The van der Waals surface area contributed by atoms with Crippen molar-refractivity contribution < 1.29 is 28.6 Å². The Bertz CT molecular complexity index is 1440. The van der Waals surface area contributed by atoms with Gasteiger partial charge in [-0.3, -0.25) is 14.4 Å². The van der Waals surface area contributed by atoms with Crippen LogP contribution in [0.4, 0.5) is 0 Å². The zero-order valence-electron chi connectivity index (χ0n) is 45.5. The molecule has 0 rings (SSSR count). The number of allylic oxidation sites excluding steroid dienone is 18. The first-order valence-electron chi connectivity index (χ1n) is 28.9. The van der Waals surface area contributed by atoms with E-state index in [1.807, 2.05) is 0 Å². The number of hydrogen-bond acceptors (Lipinski definition) is 6. The normalized spacial score (nSPS) is 12.9. The quantitative estimate of drug-likeness (QED) is 0.0262. The van der Waals surface area contributed by atoms with Crippen molar-refractivity contribution in [3.8, 4) is 0 Å². The molecule has 1 atom stereocenters. The lowest BCUT2D eigenvalue weighted by atomic mass is 10.1. The molecular formula is C64H106O6. The van der Waals surface area contributed by atoms with Crippen LogP contribution in [0.25, 0.3) is 0 Å². The van der Waals surface area contributed by atoms with E-state index in [9.17, 15) is 14.4 Å². The van der Waals surface area contributed by atoms with Crippen molar-refractivity contribution in [3.05, 3.63) is 109 Å². The van der Waals surface area contributed by atoms with Crippen molar-refractivity contribution in [2.24, 2.45) is 0 Å². The number of esters is 3. The maximum atomic E-state index is 12.9. The molecular weight excluding hydrogens is 865 g/mol. The van der Waals surface area contributed by atoms with Gasteiger partial charge in [0.2, 0.25) is 0 Å². The molecule has 398 valence electrons. The van der Waals surface area contributed by atoms with Gasteiger partial charge in [0.15, 0.2) is 6.10 Å². The minimum absolute atomic E-state index is 0.107. The second-order valence-electron chi connectivity index (χ2n) is 18.8. The Kier molecular flexibility index (Phi) is 54.4. The number of carbonyl (C=O) groups is 3. The van der Waals surface area contributed by atoms with Gasteiger partial charge >= 0.3 is 17.9 Å². The summed E-state index contributed by atoms with van der Waals surface area (Å²) in [6.45, 7) is 6.51. The molecule has 0 N–H and O–H groups in total. The summed E-state index contributed by atoms with van der Waals surface area (Å²) in [5, 5.41) is 0. The fourth-order valence-corrected chi connectivity index (χ4v) is 7.58. The third kappa shape index (κ3) is 55.0. The first-order valence-corrected chi connectivity index (χ1v) is 28.9. The SMILES string of the molecule is CCCCC/C=C\C/C=C\C/C=C\C/C=C\CCCCCC(=O)OC[C@@H](COC(=O)CCCCCCC/C=C\CCCCCCC)OC(=O)CCCCC/C=C\C/C=C\C/C=C\C/C=C\CCCCC. The van der Waals surface area contributed by atoms with Gasteiger partial charge in [0.25, 0.3) is 0 Å². The molecule has 0 radical (unpaired) electrons. The van der Waals surface area contributed by atoms with E-state index < -0.39 is 6.10 Å². The second-order valence-corrected chi connectivity index (χ2v) is 18.8. The van der Waals surface area contributed by atoms with Gasteiger partial charge < -0.3 is 14.2 Å². The first-order chi connectivity index (χ1) is 34.5. The predicted molar refractivity (Wildman–Crippen MR) is 302 cm³/mol. The highest BCUT2D eigenvalue weighted by Crippen LogP contribution is 2.13. The lowest BCUT2D eigenvalue weighted by Gasteiger charge is -2.18. The highest BCUT2D eigenvalue weighted by molar-refractivity contribution is 5.71.